The van der Waals surface area contributed by atoms with Crippen LogP contribution in [-0.2, 0) is 4.74 Å². The zero-order chi connectivity index (χ0) is 12.3. The van der Waals surface area contributed by atoms with Crippen molar-refractivity contribution in [2.75, 3.05) is 6.54 Å². The highest BCUT2D eigenvalue weighted by molar-refractivity contribution is 6.31. The van der Waals surface area contributed by atoms with Crippen LogP contribution >= 0.6 is 11.6 Å². The van der Waals surface area contributed by atoms with Crippen LogP contribution in [0.5, 0.6) is 0 Å². The van der Waals surface area contributed by atoms with Gasteiger partial charge in [0.05, 0.1) is 12.2 Å². The van der Waals surface area contributed by atoms with Gasteiger partial charge in [-0.3, -0.25) is 0 Å². The van der Waals surface area contributed by atoms with E-state index in [1.165, 1.54) is 6.42 Å². The predicted molar refractivity (Wildman–Crippen MR) is 71.4 cm³/mol. The van der Waals surface area contributed by atoms with Crippen molar-refractivity contribution in [1.29, 1.82) is 0 Å². The lowest BCUT2D eigenvalue weighted by molar-refractivity contribution is 0.0546. The molecule has 0 spiro atoms. The maximum absolute atomic E-state index is 6.17. The van der Waals surface area contributed by atoms with Crippen molar-refractivity contribution in [3.63, 3.8) is 0 Å². The van der Waals surface area contributed by atoms with Crippen LogP contribution in [0, 0.1) is 0 Å². The molecule has 1 fully saturated rings. The quantitative estimate of drug-likeness (QED) is 0.886. The van der Waals surface area contributed by atoms with Crippen molar-refractivity contribution in [3.8, 4) is 0 Å². The van der Waals surface area contributed by atoms with Crippen molar-refractivity contribution in [2.24, 2.45) is 0 Å². The number of benzene rings is 1. The molecule has 0 amide bonds. The highest BCUT2D eigenvalue weighted by atomic mass is 35.5. The molecule has 0 aromatic heterocycles. The third kappa shape index (κ3) is 3.44. The molecule has 2 nitrogen and oxygen atoms in total. The minimum absolute atomic E-state index is 0.267. The van der Waals surface area contributed by atoms with E-state index in [0.29, 0.717) is 12.2 Å². The van der Waals surface area contributed by atoms with Crippen LogP contribution in [0.25, 0.3) is 0 Å². The van der Waals surface area contributed by atoms with Crippen molar-refractivity contribution >= 4 is 11.6 Å². The van der Waals surface area contributed by atoms with E-state index in [4.69, 9.17) is 16.3 Å². The first-order valence-corrected chi connectivity index (χ1v) is 6.68. The number of rotatable bonds is 4. The average Bonchev–Trinajstić information content (AvgIpc) is 2.73. The van der Waals surface area contributed by atoms with E-state index in [1.807, 2.05) is 18.2 Å². The molecule has 94 valence electrons. The van der Waals surface area contributed by atoms with E-state index in [9.17, 15) is 0 Å². The summed E-state index contributed by atoms with van der Waals surface area (Å²) in [6.07, 6.45) is 3.10. The molecule has 1 saturated heterocycles. The Morgan fingerprint density at radius 1 is 1.41 bits per heavy atom. The molecule has 2 unspecified atom stereocenters. The van der Waals surface area contributed by atoms with Gasteiger partial charge < -0.3 is 10.1 Å². The van der Waals surface area contributed by atoms with Crippen molar-refractivity contribution < 1.29 is 4.74 Å². The fourth-order valence-electron chi connectivity index (χ4n) is 2.28. The number of hydrogen-bond acceptors (Lipinski definition) is 2. The summed E-state index contributed by atoms with van der Waals surface area (Å²) in [6, 6.07) is 8.25. The molecule has 0 bridgehead atoms. The first-order chi connectivity index (χ1) is 8.16. The first kappa shape index (κ1) is 12.9. The molecule has 0 radical (unpaired) electrons. The zero-order valence-electron chi connectivity index (χ0n) is 10.4. The van der Waals surface area contributed by atoms with Crippen LogP contribution in [0.3, 0.4) is 0 Å². The summed E-state index contributed by atoms with van der Waals surface area (Å²) in [5.74, 6) is 0. The lowest BCUT2D eigenvalue weighted by Crippen LogP contribution is -2.29. The lowest BCUT2D eigenvalue weighted by atomic mass is 10.1. The lowest BCUT2D eigenvalue weighted by Gasteiger charge is -2.18. The highest BCUT2D eigenvalue weighted by Crippen LogP contribution is 2.23. The maximum atomic E-state index is 6.17. The minimum Gasteiger partial charge on any atom is -0.374 e. The Morgan fingerprint density at radius 2 is 2.18 bits per heavy atom. The van der Waals surface area contributed by atoms with Crippen LogP contribution in [0.2, 0.25) is 5.02 Å². The Labute approximate surface area is 108 Å². The average molecular weight is 254 g/mol. The summed E-state index contributed by atoms with van der Waals surface area (Å²) in [5, 5.41) is 4.32. The van der Waals surface area contributed by atoms with Gasteiger partial charge in [-0.15, -0.1) is 0 Å². The summed E-state index contributed by atoms with van der Waals surface area (Å²) in [7, 11) is 0. The second-order valence-electron chi connectivity index (χ2n) is 4.80. The molecule has 3 heteroatoms. The third-order valence-electron chi connectivity index (χ3n) is 3.34. The second-order valence-corrected chi connectivity index (χ2v) is 5.20. The SMILES string of the molecule is CC1CCC(CN[C@@H](C)c2ccccc2Cl)O1. The van der Waals surface area contributed by atoms with Crippen LogP contribution < -0.4 is 5.32 Å². The van der Waals surface area contributed by atoms with E-state index < -0.39 is 0 Å². The van der Waals surface area contributed by atoms with Gasteiger partial charge in [-0.2, -0.15) is 0 Å². The summed E-state index contributed by atoms with van der Waals surface area (Å²) in [6.45, 7) is 5.17. The molecule has 1 aromatic carbocycles. The van der Waals surface area contributed by atoms with Crippen molar-refractivity contribution in [3.05, 3.63) is 34.9 Å². The summed E-state index contributed by atoms with van der Waals surface area (Å²) < 4.78 is 5.78. The molecule has 1 aliphatic heterocycles. The van der Waals surface area contributed by atoms with Gasteiger partial charge in [-0.25, -0.2) is 0 Å². The Kier molecular flexibility index (Phi) is 4.43. The molecule has 0 saturated carbocycles. The monoisotopic (exact) mass is 253 g/mol. The standard InChI is InChI=1S/C14H20ClNO/c1-10-7-8-12(17-10)9-16-11(2)13-5-3-4-6-14(13)15/h3-6,10-12,16H,7-9H2,1-2H3/t10?,11-,12?/m0/s1. The highest BCUT2D eigenvalue weighted by Gasteiger charge is 2.22. The Balaban J connectivity index is 1.85. The van der Waals surface area contributed by atoms with Gasteiger partial charge >= 0.3 is 0 Å². The predicted octanol–water partition coefficient (Wildman–Crippen LogP) is 3.56. The van der Waals surface area contributed by atoms with Crippen LogP contribution in [0.15, 0.2) is 24.3 Å². The van der Waals surface area contributed by atoms with Gasteiger partial charge in [0, 0.05) is 17.6 Å². The molecule has 1 heterocycles. The van der Waals surface area contributed by atoms with Gasteiger partial charge in [0.2, 0.25) is 0 Å². The third-order valence-corrected chi connectivity index (χ3v) is 3.69. The summed E-state index contributed by atoms with van der Waals surface area (Å²) in [4.78, 5) is 0. The Hall–Kier alpha value is -0.570. The fraction of sp³-hybridized carbons (Fsp3) is 0.571. The second kappa shape index (κ2) is 5.85. The van der Waals surface area contributed by atoms with Crippen molar-refractivity contribution in [1.82, 2.24) is 5.32 Å². The molecule has 1 aliphatic rings. The molecule has 0 aliphatic carbocycles. The zero-order valence-corrected chi connectivity index (χ0v) is 11.2. The van der Waals surface area contributed by atoms with E-state index >= 15 is 0 Å². The van der Waals surface area contributed by atoms with Crippen LogP contribution in [-0.4, -0.2) is 18.8 Å². The largest absolute Gasteiger partial charge is 0.374 e. The molecular weight excluding hydrogens is 234 g/mol. The van der Waals surface area contributed by atoms with Gasteiger partial charge in [0.1, 0.15) is 0 Å². The van der Waals surface area contributed by atoms with Crippen molar-refractivity contribution in [2.45, 2.75) is 44.9 Å². The van der Waals surface area contributed by atoms with E-state index in [-0.39, 0.29) is 6.04 Å². The fourth-order valence-corrected chi connectivity index (χ4v) is 2.58. The molecule has 1 aromatic rings. The molecule has 1 N–H and O–H groups in total. The molecule has 2 rings (SSSR count). The first-order valence-electron chi connectivity index (χ1n) is 6.30. The van der Waals surface area contributed by atoms with E-state index in [2.05, 4.69) is 25.2 Å². The number of hydrogen-bond donors (Lipinski definition) is 1. The summed E-state index contributed by atoms with van der Waals surface area (Å²) in [5.41, 5.74) is 1.15. The van der Waals surface area contributed by atoms with Crippen LogP contribution in [0.4, 0.5) is 0 Å². The van der Waals surface area contributed by atoms with Gasteiger partial charge in [-0.1, -0.05) is 29.8 Å². The minimum atomic E-state index is 0.267. The van der Waals surface area contributed by atoms with Gasteiger partial charge in [0.15, 0.2) is 0 Å². The number of halogens is 1. The number of ether oxygens (including phenoxy) is 1. The molecular formula is C14H20ClNO. The normalized spacial score (nSPS) is 26.1. The topological polar surface area (TPSA) is 21.3 Å². The molecule has 17 heavy (non-hydrogen) atoms. The Morgan fingerprint density at radius 3 is 2.82 bits per heavy atom. The maximum Gasteiger partial charge on any atom is 0.0704 e. The van der Waals surface area contributed by atoms with Gasteiger partial charge in [-0.05, 0) is 38.3 Å². The smallest absolute Gasteiger partial charge is 0.0704 e. The van der Waals surface area contributed by atoms with E-state index in [1.54, 1.807) is 0 Å². The summed E-state index contributed by atoms with van der Waals surface area (Å²) >= 11 is 6.17. The number of nitrogens with one attached hydrogen (secondary N) is 1. The van der Waals surface area contributed by atoms with Crippen LogP contribution in [0.1, 0.15) is 38.3 Å². The van der Waals surface area contributed by atoms with Gasteiger partial charge in [0.25, 0.3) is 0 Å². The molecule has 3 atom stereocenters. The Bertz CT molecular complexity index is 369. The van der Waals surface area contributed by atoms with E-state index in [0.717, 1.165) is 23.6 Å².